The molecule has 166 valence electrons. The van der Waals surface area contributed by atoms with Gasteiger partial charge in [-0.15, -0.1) is 11.3 Å². The van der Waals surface area contributed by atoms with Crippen LogP contribution >= 0.6 is 11.3 Å². The Hall–Kier alpha value is -3.39. The van der Waals surface area contributed by atoms with Crippen molar-refractivity contribution in [1.29, 1.82) is 0 Å². The lowest BCUT2D eigenvalue weighted by molar-refractivity contribution is -0.117. The third-order valence-electron chi connectivity index (χ3n) is 5.36. The number of nitrogens with zero attached hydrogens (tertiary/aromatic N) is 1. The molecule has 8 heteroatoms. The highest BCUT2D eigenvalue weighted by Crippen LogP contribution is 2.39. The van der Waals surface area contributed by atoms with Crippen LogP contribution in [0.1, 0.15) is 44.4 Å². The fourth-order valence-electron chi connectivity index (χ4n) is 3.92. The van der Waals surface area contributed by atoms with Gasteiger partial charge in [0.15, 0.2) is 5.13 Å². The van der Waals surface area contributed by atoms with Crippen molar-refractivity contribution in [3.05, 3.63) is 63.7 Å². The van der Waals surface area contributed by atoms with E-state index in [1.165, 1.54) is 25.6 Å². The number of benzene rings is 2. The number of hydrogen-bond acceptors (Lipinski definition) is 6. The molecule has 1 unspecified atom stereocenters. The number of fused-ring (bicyclic) bond motifs is 1. The molecule has 0 saturated carbocycles. The average molecular weight is 452 g/mol. The summed E-state index contributed by atoms with van der Waals surface area (Å²) in [5.41, 5.74) is 4.13. The van der Waals surface area contributed by atoms with Gasteiger partial charge >= 0.3 is 0 Å². The summed E-state index contributed by atoms with van der Waals surface area (Å²) in [5, 5.41) is 6.34. The molecule has 1 heterocycles. The number of carbonyl (C=O) groups is 2. The third kappa shape index (κ3) is 4.60. The number of rotatable bonds is 6. The zero-order valence-electron chi connectivity index (χ0n) is 18.4. The summed E-state index contributed by atoms with van der Waals surface area (Å²) in [6.45, 7) is 4.01. The first-order chi connectivity index (χ1) is 15.4. The molecule has 1 atom stereocenters. The Morgan fingerprint density at radius 2 is 1.62 bits per heavy atom. The maximum Gasteiger partial charge on any atom is 0.257 e. The molecule has 0 fully saturated rings. The number of ether oxygens (including phenoxy) is 2. The van der Waals surface area contributed by atoms with E-state index in [9.17, 15) is 9.59 Å². The van der Waals surface area contributed by atoms with Gasteiger partial charge in [0.1, 0.15) is 11.5 Å². The van der Waals surface area contributed by atoms with Gasteiger partial charge in [-0.2, -0.15) is 0 Å². The van der Waals surface area contributed by atoms with Crippen LogP contribution in [-0.2, 0) is 11.2 Å². The second-order valence-corrected chi connectivity index (χ2v) is 8.92. The first-order valence-electron chi connectivity index (χ1n) is 10.3. The maximum atomic E-state index is 12.9. The predicted octanol–water partition coefficient (Wildman–Crippen LogP) is 4.70. The summed E-state index contributed by atoms with van der Waals surface area (Å²) < 4.78 is 10.5. The molecule has 3 aromatic rings. The smallest absolute Gasteiger partial charge is 0.257 e. The number of nitrogens with one attached hydrogen (secondary N) is 2. The Labute approximate surface area is 190 Å². The van der Waals surface area contributed by atoms with Crippen LogP contribution in [-0.4, -0.2) is 31.0 Å². The van der Waals surface area contributed by atoms with Crippen LogP contribution in [0.25, 0.3) is 0 Å². The van der Waals surface area contributed by atoms with Gasteiger partial charge in [0.2, 0.25) is 5.91 Å². The zero-order chi connectivity index (χ0) is 22.8. The zero-order valence-corrected chi connectivity index (χ0v) is 19.3. The lowest BCUT2D eigenvalue weighted by Gasteiger charge is -2.12. The number of carbonyl (C=O) groups excluding carboxylic acids is 2. The lowest BCUT2D eigenvalue weighted by atomic mass is 10.1. The van der Waals surface area contributed by atoms with Crippen molar-refractivity contribution in [3.63, 3.8) is 0 Å². The second kappa shape index (κ2) is 9.00. The van der Waals surface area contributed by atoms with E-state index in [1.807, 2.05) is 26.0 Å². The van der Waals surface area contributed by atoms with E-state index in [1.54, 1.807) is 18.2 Å². The third-order valence-corrected chi connectivity index (χ3v) is 6.40. The highest BCUT2D eigenvalue weighted by molar-refractivity contribution is 7.16. The van der Waals surface area contributed by atoms with Crippen LogP contribution < -0.4 is 20.1 Å². The van der Waals surface area contributed by atoms with Gasteiger partial charge in [-0.05, 0) is 62.1 Å². The number of anilines is 2. The molecule has 0 bridgehead atoms. The van der Waals surface area contributed by atoms with Crippen LogP contribution in [0.3, 0.4) is 0 Å². The standard InChI is InChI=1S/C24H25N3O4S/c1-13-7-14(2)9-16(8-13)25-23(29)19-5-6-20-21(19)26-24(32-20)27-22(28)15-10-17(30-3)12-18(11-15)31-4/h7-12,19H,5-6H2,1-4H3,(H,25,29)(H,26,27,28). The molecule has 32 heavy (non-hydrogen) atoms. The van der Waals surface area contributed by atoms with E-state index < -0.39 is 0 Å². The molecule has 0 aliphatic heterocycles. The first-order valence-corrected chi connectivity index (χ1v) is 11.1. The number of amides is 2. The molecular weight excluding hydrogens is 426 g/mol. The van der Waals surface area contributed by atoms with Gasteiger partial charge in [0, 0.05) is 22.2 Å². The van der Waals surface area contributed by atoms with E-state index in [-0.39, 0.29) is 17.7 Å². The van der Waals surface area contributed by atoms with Crippen molar-refractivity contribution in [2.24, 2.45) is 0 Å². The number of methoxy groups -OCH3 is 2. The minimum absolute atomic E-state index is 0.0746. The Balaban J connectivity index is 1.49. The molecule has 1 aromatic heterocycles. The maximum absolute atomic E-state index is 12.9. The molecule has 2 N–H and O–H groups in total. The van der Waals surface area contributed by atoms with Crippen LogP contribution in [0.2, 0.25) is 0 Å². The summed E-state index contributed by atoms with van der Waals surface area (Å²) in [7, 11) is 3.07. The van der Waals surface area contributed by atoms with Crippen molar-refractivity contribution in [2.45, 2.75) is 32.6 Å². The number of thiazole rings is 1. The molecule has 0 spiro atoms. The molecule has 7 nitrogen and oxygen atoms in total. The van der Waals surface area contributed by atoms with Gasteiger partial charge in [0.25, 0.3) is 5.91 Å². The Bertz CT molecular complexity index is 1150. The molecule has 2 amide bonds. The normalized spacial score (nSPS) is 14.6. The van der Waals surface area contributed by atoms with E-state index >= 15 is 0 Å². The van der Waals surface area contributed by atoms with Crippen molar-refractivity contribution in [1.82, 2.24) is 4.98 Å². The van der Waals surface area contributed by atoms with Gasteiger partial charge < -0.3 is 14.8 Å². The summed E-state index contributed by atoms with van der Waals surface area (Å²) in [6.07, 6.45) is 1.48. The minimum atomic E-state index is -0.329. The number of aryl methyl sites for hydroxylation is 3. The van der Waals surface area contributed by atoms with Crippen LogP contribution in [0.4, 0.5) is 10.8 Å². The molecule has 0 radical (unpaired) electrons. The Morgan fingerprint density at radius 1 is 0.969 bits per heavy atom. The highest BCUT2D eigenvalue weighted by atomic mass is 32.1. The van der Waals surface area contributed by atoms with Crippen LogP contribution in [0, 0.1) is 13.8 Å². The van der Waals surface area contributed by atoms with Crippen molar-refractivity contribution < 1.29 is 19.1 Å². The van der Waals surface area contributed by atoms with Gasteiger partial charge in [-0.25, -0.2) is 4.98 Å². The number of aromatic nitrogens is 1. The van der Waals surface area contributed by atoms with E-state index in [0.29, 0.717) is 28.6 Å². The Morgan fingerprint density at radius 3 is 2.25 bits per heavy atom. The van der Waals surface area contributed by atoms with Crippen molar-refractivity contribution >= 4 is 34.0 Å². The van der Waals surface area contributed by atoms with Gasteiger partial charge in [-0.1, -0.05) is 6.07 Å². The minimum Gasteiger partial charge on any atom is -0.497 e. The van der Waals surface area contributed by atoms with E-state index in [4.69, 9.17) is 9.47 Å². The first kappa shape index (κ1) is 21.8. The van der Waals surface area contributed by atoms with E-state index in [0.717, 1.165) is 33.8 Å². The summed E-state index contributed by atoms with van der Waals surface area (Å²) in [4.78, 5) is 31.3. The molecule has 1 aliphatic rings. The molecule has 1 aliphatic carbocycles. The fraction of sp³-hybridized carbons (Fsp3) is 0.292. The summed E-state index contributed by atoms with van der Waals surface area (Å²) in [6, 6.07) is 11.0. The molecule has 2 aromatic carbocycles. The van der Waals surface area contributed by atoms with E-state index in [2.05, 4.69) is 21.7 Å². The van der Waals surface area contributed by atoms with Gasteiger partial charge in [-0.3, -0.25) is 14.9 Å². The second-order valence-electron chi connectivity index (χ2n) is 7.84. The topological polar surface area (TPSA) is 89.6 Å². The fourth-order valence-corrected chi connectivity index (χ4v) is 4.95. The SMILES string of the molecule is COc1cc(OC)cc(C(=O)Nc2nc3c(s2)CCC3C(=O)Nc2cc(C)cc(C)c2)c1. The van der Waals surface area contributed by atoms with Crippen LogP contribution in [0.5, 0.6) is 11.5 Å². The quantitative estimate of drug-likeness (QED) is 0.567. The summed E-state index contributed by atoms with van der Waals surface area (Å²) in [5.74, 6) is 0.337. The monoisotopic (exact) mass is 451 g/mol. The average Bonchev–Trinajstić information content (AvgIpc) is 3.32. The predicted molar refractivity (Wildman–Crippen MR) is 125 cm³/mol. The molecular formula is C24H25N3O4S. The van der Waals surface area contributed by atoms with Crippen molar-refractivity contribution in [3.8, 4) is 11.5 Å². The number of hydrogen-bond donors (Lipinski definition) is 2. The van der Waals surface area contributed by atoms with Crippen molar-refractivity contribution in [2.75, 3.05) is 24.9 Å². The Kier molecular flexibility index (Phi) is 6.14. The largest absolute Gasteiger partial charge is 0.497 e. The molecule has 4 rings (SSSR count). The summed E-state index contributed by atoms with van der Waals surface area (Å²) >= 11 is 1.41. The lowest BCUT2D eigenvalue weighted by Crippen LogP contribution is -2.20. The van der Waals surface area contributed by atoms with Crippen LogP contribution in [0.15, 0.2) is 36.4 Å². The molecule has 0 saturated heterocycles. The highest BCUT2D eigenvalue weighted by Gasteiger charge is 2.33. The van der Waals surface area contributed by atoms with Gasteiger partial charge in [0.05, 0.1) is 25.8 Å².